The molecule has 2 aromatic carbocycles. The number of benzene rings is 2. The minimum Gasteiger partial charge on any atom is -0.371 e. The number of carbonyl (C=O) groups excluding carboxylic acids is 1. The Morgan fingerprint density at radius 1 is 1.00 bits per heavy atom. The number of aromatic nitrogens is 1. The highest BCUT2D eigenvalue weighted by atomic mass is 16.1. The van der Waals surface area contributed by atoms with Crippen LogP contribution in [0.2, 0.25) is 0 Å². The van der Waals surface area contributed by atoms with E-state index in [2.05, 4.69) is 39.4 Å². The van der Waals surface area contributed by atoms with Gasteiger partial charge in [-0.3, -0.25) is 4.79 Å². The highest BCUT2D eigenvalue weighted by Crippen LogP contribution is 2.36. The number of piperidine rings is 1. The van der Waals surface area contributed by atoms with Crippen molar-refractivity contribution in [1.82, 2.24) is 10.3 Å². The Morgan fingerprint density at radius 2 is 1.82 bits per heavy atom. The molecule has 1 aliphatic carbocycles. The molecular formula is C32H36N6O. The van der Waals surface area contributed by atoms with Crippen LogP contribution in [0.1, 0.15) is 48.0 Å². The molecule has 4 atom stereocenters. The molecule has 200 valence electrons. The highest BCUT2D eigenvalue weighted by Gasteiger charge is 2.39. The summed E-state index contributed by atoms with van der Waals surface area (Å²) in [6.07, 6.45) is 7.96. The van der Waals surface area contributed by atoms with Crippen LogP contribution in [0.5, 0.6) is 0 Å². The lowest BCUT2D eigenvalue weighted by atomic mass is 9.80. The number of primary amides is 1. The fourth-order valence-corrected chi connectivity index (χ4v) is 6.95. The van der Waals surface area contributed by atoms with Crippen molar-refractivity contribution in [2.75, 3.05) is 36.0 Å². The topological polar surface area (TPSA) is 98.3 Å². The predicted molar refractivity (Wildman–Crippen MR) is 155 cm³/mol. The van der Waals surface area contributed by atoms with Crippen molar-refractivity contribution in [2.24, 2.45) is 17.6 Å². The van der Waals surface area contributed by atoms with E-state index in [4.69, 9.17) is 10.7 Å². The third-order valence-electron chi connectivity index (χ3n) is 8.98. The van der Waals surface area contributed by atoms with Crippen molar-refractivity contribution in [2.45, 2.75) is 44.2 Å². The Hall–Kier alpha value is -3.89. The Morgan fingerprint density at radius 3 is 2.64 bits per heavy atom. The van der Waals surface area contributed by atoms with Crippen molar-refractivity contribution in [3.63, 3.8) is 0 Å². The van der Waals surface area contributed by atoms with E-state index in [0.717, 1.165) is 49.5 Å². The Labute approximate surface area is 230 Å². The number of nitrogens with zero attached hydrogens (tertiary/aromatic N) is 4. The molecule has 1 aromatic heterocycles. The number of nitriles is 1. The van der Waals surface area contributed by atoms with E-state index in [1.54, 1.807) is 6.07 Å². The zero-order valence-corrected chi connectivity index (χ0v) is 22.3. The maximum absolute atomic E-state index is 12.2. The maximum Gasteiger partial charge on any atom is 0.249 e. The van der Waals surface area contributed by atoms with Gasteiger partial charge in [0.1, 0.15) is 5.82 Å². The molecule has 3 N–H and O–H groups in total. The average molecular weight is 521 g/mol. The van der Waals surface area contributed by atoms with Crippen LogP contribution in [-0.4, -0.2) is 49.2 Å². The predicted octanol–water partition coefficient (Wildman–Crippen LogP) is 4.58. The SMILES string of the molecule is N#Cc1ccc(N2CCC3C(CNC4CCCCC4CN3c3cc(-c4ccccc4C(N)=O)ccn3)C2)cc1. The normalized spacial score (nSPS) is 25.0. The summed E-state index contributed by atoms with van der Waals surface area (Å²) in [6.45, 7) is 3.90. The van der Waals surface area contributed by atoms with Gasteiger partial charge in [-0.1, -0.05) is 31.0 Å². The number of hydrogen-bond donors (Lipinski definition) is 2. The van der Waals surface area contributed by atoms with Gasteiger partial charge in [0.15, 0.2) is 0 Å². The first-order valence-corrected chi connectivity index (χ1v) is 14.2. The molecule has 0 radical (unpaired) electrons. The van der Waals surface area contributed by atoms with Crippen molar-refractivity contribution in [3.8, 4) is 17.2 Å². The fourth-order valence-electron chi connectivity index (χ4n) is 6.95. The van der Waals surface area contributed by atoms with Gasteiger partial charge in [0.05, 0.1) is 11.6 Å². The van der Waals surface area contributed by atoms with Crippen LogP contribution in [0.15, 0.2) is 66.9 Å². The van der Waals surface area contributed by atoms with Gasteiger partial charge in [0.2, 0.25) is 5.91 Å². The number of pyridine rings is 1. The van der Waals surface area contributed by atoms with Crippen LogP contribution in [-0.2, 0) is 0 Å². The van der Waals surface area contributed by atoms with Crippen molar-refractivity contribution in [1.29, 1.82) is 5.26 Å². The molecule has 3 aliphatic rings. The second kappa shape index (κ2) is 11.1. The molecule has 3 heterocycles. The van der Waals surface area contributed by atoms with Gasteiger partial charge < -0.3 is 20.9 Å². The molecule has 1 amide bonds. The summed E-state index contributed by atoms with van der Waals surface area (Å²) in [5.41, 5.74) is 9.95. The second-order valence-electron chi connectivity index (χ2n) is 11.2. The number of nitrogens with one attached hydrogen (secondary N) is 1. The highest BCUT2D eigenvalue weighted by molar-refractivity contribution is 5.99. The van der Waals surface area contributed by atoms with Gasteiger partial charge in [-0.25, -0.2) is 4.98 Å². The molecular weight excluding hydrogens is 484 g/mol. The lowest BCUT2D eigenvalue weighted by Gasteiger charge is -2.50. The summed E-state index contributed by atoms with van der Waals surface area (Å²) in [6, 6.07) is 22.8. The smallest absolute Gasteiger partial charge is 0.249 e. The summed E-state index contributed by atoms with van der Waals surface area (Å²) in [5, 5.41) is 13.2. The van der Waals surface area contributed by atoms with Crippen LogP contribution >= 0.6 is 0 Å². The third kappa shape index (κ3) is 5.22. The van der Waals surface area contributed by atoms with Gasteiger partial charge in [-0.15, -0.1) is 0 Å². The second-order valence-corrected chi connectivity index (χ2v) is 11.2. The number of fused-ring (bicyclic) bond motifs is 2. The summed E-state index contributed by atoms with van der Waals surface area (Å²) in [7, 11) is 0. The Bertz CT molecular complexity index is 1370. The zero-order chi connectivity index (χ0) is 26.8. The Balaban J connectivity index is 1.33. The van der Waals surface area contributed by atoms with Gasteiger partial charge in [-0.2, -0.15) is 5.26 Å². The minimum atomic E-state index is -0.415. The number of amides is 1. The van der Waals surface area contributed by atoms with Crippen LogP contribution in [0.25, 0.3) is 11.1 Å². The van der Waals surface area contributed by atoms with Gasteiger partial charge in [0, 0.05) is 61.6 Å². The van der Waals surface area contributed by atoms with E-state index >= 15 is 0 Å². The van der Waals surface area contributed by atoms with E-state index in [9.17, 15) is 10.1 Å². The molecule has 1 saturated carbocycles. The minimum absolute atomic E-state index is 0.365. The fraction of sp³-hybridized carbons (Fsp3) is 0.406. The third-order valence-corrected chi connectivity index (χ3v) is 8.98. The number of carbonyl (C=O) groups is 1. The van der Waals surface area contributed by atoms with E-state index < -0.39 is 5.91 Å². The maximum atomic E-state index is 12.2. The first-order valence-electron chi connectivity index (χ1n) is 14.2. The van der Waals surface area contributed by atoms with Crippen molar-refractivity contribution in [3.05, 3.63) is 78.0 Å². The summed E-state index contributed by atoms with van der Waals surface area (Å²) < 4.78 is 0. The van der Waals surface area contributed by atoms with Crippen LogP contribution < -0.4 is 20.9 Å². The molecule has 3 fully saturated rings. The summed E-state index contributed by atoms with van der Waals surface area (Å²) in [5.74, 6) is 1.60. The van der Waals surface area contributed by atoms with E-state index in [1.807, 2.05) is 42.6 Å². The van der Waals surface area contributed by atoms with Crippen LogP contribution in [0.3, 0.4) is 0 Å². The van der Waals surface area contributed by atoms with Gasteiger partial charge in [-0.05, 0) is 78.8 Å². The number of hydrogen-bond acceptors (Lipinski definition) is 6. The van der Waals surface area contributed by atoms with Crippen LogP contribution in [0.4, 0.5) is 11.5 Å². The van der Waals surface area contributed by atoms with Gasteiger partial charge in [0.25, 0.3) is 0 Å². The molecule has 6 rings (SSSR count). The molecule has 4 unspecified atom stereocenters. The molecule has 2 saturated heterocycles. The summed E-state index contributed by atoms with van der Waals surface area (Å²) >= 11 is 0. The molecule has 3 aromatic rings. The average Bonchev–Trinajstić information content (AvgIpc) is 2.98. The van der Waals surface area contributed by atoms with Crippen molar-refractivity contribution >= 4 is 17.4 Å². The first kappa shape index (κ1) is 25.4. The lowest BCUT2D eigenvalue weighted by molar-refractivity contribution is 0.100. The monoisotopic (exact) mass is 520 g/mol. The Kier molecular flexibility index (Phi) is 7.21. The number of rotatable bonds is 4. The molecule has 2 aliphatic heterocycles. The first-order chi connectivity index (χ1) is 19.1. The lowest BCUT2D eigenvalue weighted by Crippen LogP contribution is -2.60. The van der Waals surface area contributed by atoms with E-state index in [1.165, 1.54) is 31.4 Å². The number of anilines is 2. The number of nitrogens with two attached hydrogens (primary N) is 1. The zero-order valence-electron chi connectivity index (χ0n) is 22.3. The van der Waals surface area contributed by atoms with E-state index in [0.29, 0.717) is 35.0 Å². The van der Waals surface area contributed by atoms with Crippen molar-refractivity contribution < 1.29 is 4.79 Å². The quantitative estimate of drug-likeness (QED) is 0.523. The summed E-state index contributed by atoms with van der Waals surface area (Å²) in [4.78, 5) is 22.1. The molecule has 0 spiro atoms. The molecule has 39 heavy (non-hydrogen) atoms. The van der Waals surface area contributed by atoms with Gasteiger partial charge >= 0.3 is 0 Å². The standard InChI is InChI=1S/C32H36N6O/c33-18-22-9-11-26(12-10-22)37-16-14-30-25(20-37)19-36-29-8-4-1-5-24(29)21-38(30)31-17-23(13-15-35-31)27-6-2-3-7-28(27)32(34)39/h2-3,6-7,9-13,15,17,24-25,29-30,36H,1,4-5,8,14,16,19-21H2,(H2,34,39). The van der Waals surface area contributed by atoms with E-state index in [-0.39, 0.29) is 0 Å². The molecule has 0 bridgehead atoms. The molecule has 7 heteroatoms. The molecule has 7 nitrogen and oxygen atoms in total. The largest absolute Gasteiger partial charge is 0.371 e. The van der Waals surface area contributed by atoms with Crippen LogP contribution in [0, 0.1) is 23.2 Å².